The smallest absolute Gasteiger partial charge is 0.160 e. The van der Waals surface area contributed by atoms with Crippen LogP contribution in [0.1, 0.15) is 10.6 Å². The zero-order valence-electron chi connectivity index (χ0n) is 14.4. The number of nitrogens with zero attached hydrogens (tertiary/aromatic N) is 2. The van der Waals surface area contributed by atoms with Gasteiger partial charge in [-0.05, 0) is 36.7 Å². The lowest BCUT2D eigenvalue weighted by Crippen LogP contribution is -2.16. The van der Waals surface area contributed by atoms with Crippen molar-refractivity contribution in [3.05, 3.63) is 59.5 Å². The third-order valence-corrected chi connectivity index (χ3v) is 4.86. The molecule has 5 nitrogen and oxygen atoms in total. The Bertz CT molecular complexity index is 805. The van der Waals surface area contributed by atoms with Gasteiger partial charge in [0.15, 0.2) is 11.5 Å². The van der Waals surface area contributed by atoms with Crippen LogP contribution in [0, 0.1) is 0 Å². The molecular formula is C19H21N3O2S. The van der Waals surface area contributed by atoms with Crippen molar-refractivity contribution >= 4 is 11.3 Å². The molecule has 2 heterocycles. The maximum absolute atomic E-state index is 5.34. The van der Waals surface area contributed by atoms with Gasteiger partial charge in [0.2, 0.25) is 0 Å². The summed E-state index contributed by atoms with van der Waals surface area (Å²) in [6.07, 6.45) is 6.47. The van der Waals surface area contributed by atoms with Crippen LogP contribution in [-0.4, -0.2) is 30.7 Å². The van der Waals surface area contributed by atoms with Crippen molar-refractivity contribution in [2.45, 2.75) is 13.0 Å². The summed E-state index contributed by atoms with van der Waals surface area (Å²) in [5.41, 5.74) is 2.32. The predicted molar refractivity (Wildman–Crippen MR) is 100 cm³/mol. The second-order valence-corrected chi connectivity index (χ2v) is 6.59. The van der Waals surface area contributed by atoms with Crippen LogP contribution in [0.25, 0.3) is 10.4 Å². The zero-order chi connectivity index (χ0) is 17.5. The summed E-state index contributed by atoms with van der Waals surface area (Å²) in [5.74, 6) is 1.52. The monoisotopic (exact) mass is 355 g/mol. The molecule has 2 aromatic heterocycles. The van der Waals surface area contributed by atoms with Crippen molar-refractivity contribution in [2.24, 2.45) is 0 Å². The summed E-state index contributed by atoms with van der Waals surface area (Å²) in [6.45, 7) is 1.63. The third kappa shape index (κ3) is 4.55. The number of methoxy groups -OCH3 is 2. The molecule has 3 aromatic rings. The molecule has 130 valence electrons. The van der Waals surface area contributed by atoms with Crippen molar-refractivity contribution in [1.29, 1.82) is 0 Å². The van der Waals surface area contributed by atoms with Crippen LogP contribution in [0.5, 0.6) is 11.5 Å². The van der Waals surface area contributed by atoms with E-state index in [1.807, 2.05) is 30.6 Å². The van der Waals surface area contributed by atoms with Crippen LogP contribution in [-0.2, 0) is 13.0 Å². The molecule has 0 aliphatic heterocycles. The predicted octanol–water partition coefficient (Wildman–Crippen LogP) is 3.55. The van der Waals surface area contributed by atoms with Crippen LogP contribution in [0.4, 0.5) is 0 Å². The van der Waals surface area contributed by atoms with Gasteiger partial charge in [0.25, 0.3) is 0 Å². The first-order chi connectivity index (χ1) is 12.3. The summed E-state index contributed by atoms with van der Waals surface area (Å²) in [7, 11) is 3.30. The molecule has 0 spiro atoms. The fourth-order valence-electron chi connectivity index (χ4n) is 2.50. The summed E-state index contributed by atoms with van der Waals surface area (Å²) >= 11 is 1.69. The highest BCUT2D eigenvalue weighted by Crippen LogP contribution is 2.28. The third-order valence-electron chi connectivity index (χ3n) is 3.81. The zero-order valence-corrected chi connectivity index (χ0v) is 15.2. The van der Waals surface area contributed by atoms with Gasteiger partial charge in [-0.1, -0.05) is 12.1 Å². The van der Waals surface area contributed by atoms with Gasteiger partial charge < -0.3 is 14.8 Å². The molecule has 25 heavy (non-hydrogen) atoms. The molecule has 6 heteroatoms. The minimum absolute atomic E-state index is 0.755. The highest BCUT2D eigenvalue weighted by Gasteiger charge is 2.06. The van der Waals surface area contributed by atoms with Crippen LogP contribution in [0.2, 0.25) is 0 Å². The minimum Gasteiger partial charge on any atom is -0.493 e. The Kier molecular flexibility index (Phi) is 5.98. The number of benzene rings is 1. The number of rotatable bonds is 8. The molecule has 0 radical (unpaired) electrons. The van der Waals surface area contributed by atoms with E-state index in [0.29, 0.717) is 0 Å². The lowest BCUT2D eigenvalue weighted by molar-refractivity contribution is 0.354. The molecule has 0 unspecified atom stereocenters. The maximum Gasteiger partial charge on any atom is 0.160 e. The van der Waals surface area contributed by atoms with Crippen molar-refractivity contribution in [3.8, 4) is 21.9 Å². The molecule has 0 fully saturated rings. The van der Waals surface area contributed by atoms with Gasteiger partial charge in [-0.3, -0.25) is 4.98 Å². The molecule has 0 saturated heterocycles. The van der Waals surface area contributed by atoms with Crippen LogP contribution in [0.3, 0.4) is 0 Å². The second kappa shape index (κ2) is 8.60. The summed E-state index contributed by atoms with van der Waals surface area (Å²) in [5, 5.41) is 4.52. The van der Waals surface area contributed by atoms with Crippen LogP contribution >= 0.6 is 11.3 Å². The lowest BCUT2D eigenvalue weighted by atomic mass is 10.1. The van der Waals surface area contributed by atoms with E-state index in [-0.39, 0.29) is 0 Å². The molecule has 1 N–H and O–H groups in total. The van der Waals surface area contributed by atoms with Crippen molar-refractivity contribution in [3.63, 3.8) is 0 Å². The Morgan fingerprint density at radius 2 is 1.96 bits per heavy atom. The van der Waals surface area contributed by atoms with E-state index in [2.05, 4.69) is 27.4 Å². The number of pyridine rings is 1. The SMILES string of the molecule is COc1ccc(CCNCc2ncc(-c3cccnc3)s2)cc1OC. The molecule has 0 saturated carbocycles. The highest BCUT2D eigenvalue weighted by molar-refractivity contribution is 7.15. The molecule has 0 atom stereocenters. The molecule has 3 rings (SSSR count). The van der Waals surface area contributed by atoms with Gasteiger partial charge in [0.1, 0.15) is 5.01 Å². The van der Waals surface area contributed by atoms with Gasteiger partial charge in [0, 0.05) is 30.7 Å². The average Bonchev–Trinajstić information content (AvgIpc) is 3.14. The lowest BCUT2D eigenvalue weighted by Gasteiger charge is -2.09. The van der Waals surface area contributed by atoms with Crippen molar-refractivity contribution in [1.82, 2.24) is 15.3 Å². The number of ether oxygens (including phenoxy) is 2. The largest absolute Gasteiger partial charge is 0.493 e. The van der Waals surface area contributed by atoms with E-state index in [4.69, 9.17) is 9.47 Å². The van der Waals surface area contributed by atoms with E-state index >= 15 is 0 Å². The molecule has 0 bridgehead atoms. The number of aromatic nitrogens is 2. The Labute approximate surface area is 151 Å². The Hall–Kier alpha value is -2.44. The van der Waals surface area contributed by atoms with Gasteiger partial charge >= 0.3 is 0 Å². The quantitative estimate of drug-likeness (QED) is 0.626. The Morgan fingerprint density at radius 3 is 2.72 bits per heavy atom. The summed E-state index contributed by atoms with van der Waals surface area (Å²) in [6, 6.07) is 10.0. The molecule has 0 aliphatic carbocycles. The topological polar surface area (TPSA) is 56.3 Å². The maximum atomic E-state index is 5.34. The number of hydrogen-bond acceptors (Lipinski definition) is 6. The van der Waals surface area contributed by atoms with Crippen molar-refractivity contribution < 1.29 is 9.47 Å². The molecule has 0 amide bonds. The summed E-state index contributed by atoms with van der Waals surface area (Å²) < 4.78 is 10.6. The van der Waals surface area contributed by atoms with Gasteiger partial charge in [-0.2, -0.15) is 0 Å². The van der Waals surface area contributed by atoms with E-state index < -0.39 is 0 Å². The van der Waals surface area contributed by atoms with Gasteiger partial charge in [-0.25, -0.2) is 4.98 Å². The van der Waals surface area contributed by atoms with E-state index in [0.717, 1.165) is 46.5 Å². The van der Waals surface area contributed by atoms with Crippen molar-refractivity contribution in [2.75, 3.05) is 20.8 Å². The molecular weight excluding hydrogens is 334 g/mol. The molecule has 0 aliphatic rings. The van der Waals surface area contributed by atoms with Crippen LogP contribution < -0.4 is 14.8 Å². The van der Waals surface area contributed by atoms with E-state index in [1.54, 1.807) is 31.8 Å². The van der Waals surface area contributed by atoms with E-state index in [9.17, 15) is 0 Å². The number of thiazole rings is 1. The Balaban J connectivity index is 1.50. The first-order valence-corrected chi connectivity index (χ1v) is 8.88. The first-order valence-electron chi connectivity index (χ1n) is 8.07. The molecule has 1 aromatic carbocycles. The standard InChI is InChI=1S/C19H21N3O2S/c1-23-16-6-5-14(10-17(16)24-2)7-9-21-13-19-22-12-18(25-19)15-4-3-8-20-11-15/h3-6,8,10-12,21H,7,9,13H2,1-2H3. The fraction of sp³-hybridized carbons (Fsp3) is 0.263. The number of hydrogen-bond donors (Lipinski definition) is 1. The highest BCUT2D eigenvalue weighted by atomic mass is 32.1. The fourth-order valence-corrected chi connectivity index (χ4v) is 3.38. The average molecular weight is 355 g/mol. The minimum atomic E-state index is 0.755. The van der Waals surface area contributed by atoms with Crippen LogP contribution in [0.15, 0.2) is 48.9 Å². The normalized spacial score (nSPS) is 10.6. The van der Waals surface area contributed by atoms with E-state index in [1.165, 1.54) is 5.56 Å². The first kappa shape index (κ1) is 17.4. The summed E-state index contributed by atoms with van der Waals surface area (Å²) in [4.78, 5) is 9.77. The van der Waals surface area contributed by atoms with Gasteiger partial charge in [-0.15, -0.1) is 11.3 Å². The second-order valence-electron chi connectivity index (χ2n) is 5.48. The Morgan fingerprint density at radius 1 is 1.08 bits per heavy atom. The number of nitrogens with one attached hydrogen (secondary N) is 1. The van der Waals surface area contributed by atoms with Gasteiger partial charge in [0.05, 0.1) is 19.1 Å².